The molecule has 6 rings (SSSR count). The fraction of sp³-hybridized carbons (Fsp3) is 0.343. The highest BCUT2D eigenvalue weighted by atomic mass is 32.1. The van der Waals surface area contributed by atoms with Gasteiger partial charge in [0.1, 0.15) is 0 Å². The van der Waals surface area contributed by atoms with Gasteiger partial charge in [0.25, 0.3) is 0 Å². The molecule has 0 N–H and O–H groups in total. The van der Waals surface area contributed by atoms with Crippen molar-refractivity contribution in [2.24, 2.45) is 0 Å². The van der Waals surface area contributed by atoms with Gasteiger partial charge in [-0.3, -0.25) is 9.88 Å². The summed E-state index contributed by atoms with van der Waals surface area (Å²) >= 11 is 1.99. The summed E-state index contributed by atoms with van der Waals surface area (Å²) in [4.78, 5) is 13.4. The Bertz CT molecular complexity index is 1510. The minimum absolute atomic E-state index is 0.501. The van der Waals surface area contributed by atoms with E-state index in [1.165, 1.54) is 37.4 Å². The first-order valence-corrected chi connectivity index (χ1v) is 15.3. The van der Waals surface area contributed by atoms with Crippen LogP contribution in [0.15, 0.2) is 85.1 Å². The van der Waals surface area contributed by atoms with Crippen molar-refractivity contribution in [3.05, 3.63) is 122 Å². The summed E-state index contributed by atoms with van der Waals surface area (Å²) in [7, 11) is 0. The Morgan fingerprint density at radius 2 is 1.64 bits per heavy atom. The summed E-state index contributed by atoms with van der Waals surface area (Å²) < 4.78 is 0. The molecule has 200 valence electrons. The molecule has 1 unspecified atom stereocenters. The smallest absolute Gasteiger partial charge is 0.0938 e. The van der Waals surface area contributed by atoms with Gasteiger partial charge in [-0.25, -0.2) is 0 Å². The topological polar surface area (TPSA) is 19.4 Å². The van der Waals surface area contributed by atoms with Crippen molar-refractivity contribution in [3.63, 3.8) is 0 Å². The molecular weight excluding hydrogens is 494 g/mol. The third-order valence-electron chi connectivity index (χ3n) is 8.28. The number of fused-ring (bicyclic) bond motifs is 2. The zero-order valence-electron chi connectivity index (χ0n) is 23.2. The molecule has 4 aromatic rings. The van der Waals surface area contributed by atoms with Crippen molar-refractivity contribution in [1.29, 1.82) is 0 Å². The van der Waals surface area contributed by atoms with Crippen LogP contribution in [0.5, 0.6) is 0 Å². The summed E-state index contributed by atoms with van der Waals surface area (Å²) in [6.45, 7) is 8.89. The van der Waals surface area contributed by atoms with Crippen LogP contribution >= 0.6 is 11.3 Å². The zero-order valence-corrected chi connectivity index (χ0v) is 24.0. The summed E-state index contributed by atoms with van der Waals surface area (Å²) in [5.41, 5.74) is 5.63. The van der Waals surface area contributed by atoms with Gasteiger partial charge in [0.05, 0.1) is 11.0 Å². The fourth-order valence-electron chi connectivity index (χ4n) is 6.08. The Labute approximate surface area is 237 Å². The van der Waals surface area contributed by atoms with Gasteiger partial charge in [-0.1, -0.05) is 86.7 Å². The van der Waals surface area contributed by atoms with Gasteiger partial charge < -0.3 is 4.90 Å². The molecule has 1 aliphatic carbocycles. The lowest BCUT2D eigenvalue weighted by molar-refractivity contribution is 0.102. The molecule has 4 heteroatoms. The Morgan fingerprint density at radius 3 is 2.38 bits per heavy atom. The molecule has 2 aromatic carbocycles. The Balaban J connectivity index is 1.32. The van der Waals surface area contributed by atoms with Crippen molar-refractivity contribution in [3.8, 4) is 0 Å². The second-order valence-electron chi connectivity index (χ2n) is 11.2. The summed E-state index contributed by atoms with van der Waals surface area (Å²) in [6, 6.07) is 29.3. The number of aryl methyl sites for hydroxylation is 1. The molecule has 2 aliphatic rings. The lowest BCUT2D eigenvalue weighted by atomic mass is 9.99. The van der Waals surface area contributed by atoms with Crippen LogP contribution in [0.25, 0.3) is 11.8 Å². The molecule has 3 heterocycles. The van der Waals surface area contributed by atoms with Crippen LogP contribution in [0.1, 0.15) is 52.6 Å². The zero-order chi connectivity index (χ0) is 26.6. The third-order valence-corrected chi connectivity index (χ3v) is 9.74. The van der Waals surface area contributed by atoms with Crippen LogP contribution in [0.3, 0.4) is 0 Å². The second-order valence-corrected chi connectivity index (χ2v) is 12.4. The number of rotatable bonds is 8. The van der Waals surface area contributed by atoms with Gasteiger partial charge in [-0.05, 0) is 53.7 Å². The van der Waals surface area contributed by atoms with E-state index in [1.807, 2.05) is 17.5 Å². The number of aromatic nitrogens is 1. The number of nitrogens with zero attached hydrogens (tertiary/aromatic N) is 3. The predicted octanol–water partition coefficient (Wildman–Crippen LogP) is 5.62. The van der Waals surface area contributed by atoms with E-state index in [0.29, 0.717) is 12.0 Å². The van der Waals surface area contributed by atoms with Crippen molar-refractivity contribution >= 4 is 23.1 Å². The number of hydrogen-bond donors (Lipinski definition) is 0. The SMILES string of the molecule is CC(C)c1cc2c(s1)CC=c1cccnc1=C2N1CCN(CCc2ccccc2)C(CCc2ccccc2)C1. The van der Waals surface area contributed by atoms with Crippen molar-refractivity contribution in [1.82, 2.24) is 14.8 Å². The van der Waals surface area contributed by atoms with Crippen LogP contribution in [0.2, 0.25) is 0 Å². The lowest BCUT2D eigenvalue weighted by Crippen LogP contribution is -2.54. The Hall–Kier alpha value is -3.21. The van der Waals surface area contributed by atoms with Crippen LogP contribution < -0.4 is 10.6 Å². The molecule has 39 heavy (non-hydrogen) atoms. The van der Waals surface area contributed by atoms with E-state index in [9.17, 15) is 0 Å². The molecule has 1 saturated heterocycles. The third kappa shape index (κ3) is 5.88. The number of hydrogen-bond acceptors (Lipinski definition) is 4. The highest BCUT2D eigenvalue weighted by molar-refractivity contribution is 7.12. The van der Waals surface area contributed by atoms with Crippen molar-refractivity contribution in [2.75, 3.05) is 26.2 Å². The molecular formula is C35H39N3S. The van der Waals surface area contributed by atoms with E-state index in [0.717, 1.165) is 57.2 Å². The van der Waals surface area contributed by atoms with E-state index in [-0.39, 0.29) is 0 Å². The molecule has 0 bridgehead atoms. The summed E-state index contributed by atoms with van der Waals surface area (Å²) in [5.74, 6) is 0.542. The lowest BCUT2D eigenvalue weighted by Gasteiger charge is -2.43. The molecule has 2 aromatic heterocycles. The van der Waals surface area contributed by atoms with E-state index in [2.05, 4.69) is 109 Å². The van der Waals surface area contributed by atoms with E-state index >= 15 is 0 Å². The molecule has 0 radical (unpaired) electrons. The van der Waals surface area contributed by atoms with Gasteiger partial charge in [0.15, 0.2) is 0 Å². The van der Waals surface area contributed by atoms with Crippen molar-refractivity contribution < 1.29 is 0 Å². The maximum Gasteiger partial charge on any atom is 0.0938 e. The van der Waals surface area contributed by atoms with Gasteiger partial charge in [-0.15, -0.1) is 11.3 Å². The monoisotopic (exact) mass is 533 g/mol. The van der Waals surface area contributed by atoms with Crippen molar-refractivity contribution in [2.45, 2.75) is 51.5 Å². The maximum atomic E-state index is 4.98. The standard InChI is InChI=1S/C35H39N3S/c1-26(2)33-24-31-32(39-33)18-16-29-14-9-20-36-34(29)35(31)38-23-22-37(21-19-28-12-7-4-8-13-28)30(25-38)17-15-27-10-5-3-6-11-27/h3-14,16,20,24,26,30H,15,17-19,21-23,25H2,1-2H3. The Morgan fingerprint density at radius 1 is 0.897 bits per heavy atom. The second kappa shape index (κ2) is 11.9. The van der Waals surface area contributed by atoms with Gasteiger partial charge >= 0.3 is 0 Å². The molecule has 1 fully saturated rings. The molecule has 0 amide bonds. The first kappa shape index (κ1) is 26.0. The molecule has 0 saturated carbocycles. The summed E-state index contributed by atoms with van der Waals surface area (Å²) in [5, 5.41) is 2.43. The van der Waals surface area contributed by atoms with Crippen LogP contribution in [0.4, 0.5) is 0 Å². The summed E-state index contributed by atoms with van der Waals surface area (Å²) in [6.07, 6.45) is 8.72. The predicted molar refractivity (Wildman–Crippen MR) is 164 cm³/mol. The van der Waals surface area contributed by atoms with E-state index in [1.54, 1.807) is 0 Å². The average Bonchev–Trinajstić information content (AvgIpc) is 3.34. The van der Waals surface area contributed by atoms with Crippen LogP contribution in [-0.4, -0.2) is 47.0 Å². The molecule has 3 nitrogen and oxygen atoms in total. The normalized spacial score (nSPS) is 17.5. The molecule has 0 spiro atoms. The van der Waals surface area contributed by atoms with E-state index < -0.39 is 0 Å². The fourth-order valence-corrected chi connectivity index (χ4v) is 7.21. The minimum atomic E-state index is 0.501. The highest BCUT2D eigenvalue weighted by Gasteiger charge is 2.30. The number of thiophene rings is 1. The van der Waals surface area contributed by atoms with Crippen LogP contribution in [-0.2, 0) is 19.3 Å². The minimum Gasteiger partial charge on any atom is -0.366 e. The van der Waals surface area contributed by atoms with E-state index in [4.69, 9.17) is 4.98 Å². The number of benzene rings is 2. The highest BCUT2D eigenvalue weighted by Crippen LogP contribution is 2.35. The average molecular weight is 534 g/mol. The first-order chi connectivity index (χ1) is 19.2. The maximum absolute atomic E-state index is 4.98. The number of pyridine rings is 1. The van der Waals surface area contributed by atoms with Crippen LogP contribution in [0, 0.1) is 0 Å². The van der Waals surface area contributed by atoms with Gasteiger partial charge in [0.2, 0.25) is 0 Å². The Kier molecular flexibility index (Phi) is 7.94. The largest absolute Gasteiger partial charge is 0.366 e. The quantitative estimate of drug-likeness (QED) is 0.293. The first-order valence-electron chi connectivity index (χ1n) is 14.5. The molecule has 1 atom stereocenters. The number of piperazine rings is 1. The molecule has 1 aliphatic heterocycles. The van der Waals surface area contributed by atoms with Gasteiger partial charge in [-0.2, -0.15) is 0 Å². The van der Waals surface area contributed by atoms with Gasteiger partial charge in [0, 0.05) is 60.2 Å².